The first-order valence-corrected chi connectivity index (χ1v) is 6.96. The molecule has 0 saturated heterocycles. The van der Waals surface area contributed by atoms with E-state index in [4.69, 9.17) is 10.2 Å². The highest BCUT2D eigenvalue weighted by Gasteiger charge is 2.20. The van der Waals surface area contributed by atoms with E-state index in [2.05, 4.69) is 10.6 Å². The van der Waals surface area contributed by atoms with Crippen molar-refractivity contribution in [2.45, 2.75) is 12.5 Å². The zero-order chi connectivity index (χ0) is 15.9. The van der Waals surface area contributed by atoms with E-state index in [0.29, 0.717) is 5.69 Å². The van der Waals surface area contributed by atoms with Crippen LogP contribution in [0.5, 0.6) is 0 Å². The lowest BCUT2D eigenvalue weighted by molar-refractivity contribution is -0.141. The number of aliphatic carboxylic acids is 1. The number of fused-ring (bicyclic) bond motifs is 1. The first kappa shape index (κ1) is 15.9. The van der Waals surface area contributed by atoms with Gasteiger partial charge in [-0.2, -0.15) is 0 Å². The van der Waals surface area contributed by atoms with Gasteiger partial charge in [0.1, 0.15) is 6.04 Å². The quantitative estimate of drug-likeness (QED) is 0.616. The molecule has 0 aromatic heterocycles. The van der Waals surface area contributed by atoms with Crippen LogP contribution in [0, 0.1) is 0 Å². The van der Waals surface area contributed by atoms with Gasteiger partial charge in [-0.1, -0.05) is 30.3 Å². The molecule has 0 heterocycles. The maximum atomic E-state index is 11.9. The van der Waals surface area contributed by atoms with Gasteiger partial charge in [-0.3, -0.25) is 9.59 Å². The van der Waals surface area contributed by atoms with E-state index in [9.17, 15) is 9.59 Å². The molecule has 22 heavy (non-hydrogen) atoms. The lowest BCUT2D eigenvalue weighted by Gasteiger charge is -2.13. The van der Waals surface area contributed by atoms with Crippen LogP contribution < -0.4 is 10.6 Å². The summed E-state index contributed by atoms with van der Waals surface area (Å²) in [5, 5.41) is 25.1. The van der Waals surface area contributed by atoms with Crippen molar-refractivity contribution in [3.8, 4) is 0 Å². The van der Waals surface area contributed by atoms with Crippen molar-refractivity contribution in [3.05, 3.63) is 42.5 Å². The Kier molecular flexibility index (Phi) is 5.46. The van der Waals surface area contributed by atoms with Crippen LogP contribution in [0.3, 0.4) is 0 Å². The average molecular weight is 302 g/mol. The first-order valence-electron chi connectivity index (χ1n) is 6.96. The monoisotopic (exact) mass is 302 g/mol. The van der Waals surface area contributed by atoms with Gasteiger partial charge < -0.3 is 20.8 Å². The number of carboxylic acid groups (broad SMARTS) is 1. The van der Waals surface area contributed by atoms with Crippen molar-refractivity contribution in [1.82, 2.24) is 5.32 Å². The molecule has 0 aliphatic rings. The molecule has 0 fully saturated rings. The van der Waals surface area contributed by atoms with Crippen LogP contribution in [-0.4, -0.2) is 41.3 Å². The Hall–Kier alpha value is -2.44. The van der Waals surface area contributed by atoms with Crippen LogP contribution in [0.15, 0.2) is 42.5 Å². The number of hydrogen-bond acceptors (Lipinski definition) is 4. The largest absolute Gasteiger partial charge is 0.480 e. The maximum Gasteiger partial charge on any atom is 0.321 e. The van der Waals surface area contributed by atoms with Crippen LogP contribution in [0.4, 0.5) is 5.69 Å². The number of hydrogen-bond donors (Lipinski definition) is 4. The molecule has 0 spiro atoms. The van der Waals surface area contributed by atoms with E-state index in [1.165, 1.54) is 0 Å². The number of carboxylic acids is 1. The zero-order valence-corrected chi connectivity index (χ0v) is 12.0. The number of aliphatic hydroxyl groups excluding tert-OH is 1. The fourth-order valence-corrected chi connectivity index (χ4v) is 2.15. The second-order valence-electron chi connectivity index (χ2n) is 4.88. The van der Waals surface area contributed by atoms with Gasteiger partial charge in [0.05, 0.1) is 13.0 Å². The van der Waals surface area contributed by atoms with Gasteiger partial charge in [0, 0.05) is 12.2 Å². The minimum absolute atomic E-state index is 0.125. The maximum absolute atomic E-state index is 11.9. The van der Waals surface area contributed by atoms with Crippen molar-refractivity contribution >= 4 is 28.3 Å². The molecule has 2 aromatic carbocycles. The van der Waals surface area contributed by atoms with Gasteiger partial charge >= 0.3 is 5.97 Å². The summed E-state index contributed by atoms with van der Waals surface area (Å²) in [6.07, 6.45) is -0.206. The number of rotatable bonds is 7. The molecule has 0 aliphatic carbocycles. The summed E-state index contributed by atoms with van der Waals surface area (Å²) in [6.45, 7) is -0.0592. The smallest absolute Gasteiger partial charge is 0.321 e. The number of aliphatic hydroxyl groups is 1. The summed E-state index contributed by atoms with van der Waals surface area (Å²) in [6, 6.07) is 12.2. The van der Waals surface area contributed by atoms with E-state index in [-0.39, 0.29) is 19.6 Å². The summed E-state index contributed by atoms with van der Waals surface area (Å²) in [5.41, 5.74) is 0.620. The van der Waals surface area contributed by atoms with Crippen LogP contribution in [0.1, 0.15) is 6.42 Å². The van der Waals surface area contributed by atoms with Crippen LogP contribution in [0.25, 0.3) is 10.8 Å². The fraction of sp³-hybridized carbons (Fsp3) is 0.250. The number of carbonyl (C=O) groups excluding carboxylic acids is 1. The molecule has 2 rings (SSSR count). The Balaban J connectivity index is 2.01. The van der Waals surface area contributed by atoms with E-state index in [1.807, 2.05) is 36.4 Å². The summed E-state index contributed by atoms with van der Waals surface area (Å²) >= 11 is 0. The first-order chi connectivity index (χ1) is 10.6. The van der Waals surface area contributed by atoms with Crippen molar-refractivity contribution in [2.75, 3.05) is 18.5 Å². The third kappa shape index (κ3) is 4.28. The number of nitrogens with one attached hydrogen (secondary N) is 2. The van der Waals surface area contributed by atoms with Crippen LogP contribution >= 0.6 is 0 Å². The Morgan fingerprint density at radius 2 is 1.82 bits per heavy atom. The van der Waals surface area contributed by atoms with Gasteiger partial charge in [-0.25, -0.2) is 0 Å². The highest BCUT2D eigenvalue weighted by molar-refractivity contribution is 5.96. The predicted molar refractivity (Wildman–Crippen MR) is 83.7 cm³/mol. The lowest BCUT2D eigenvalue weighted by Crippen LogP contribution is -2.41. The molecule has 1 amide bonds. The third-order valence-corrected chi connectivity index (χ3v) is 3.22. The van der Waals surface area contributed by atoms with Crippen molar-refractivity contribution < 1.29 is 19.8 Å². The number of amides is 1. The lowest BCUT2D eigenvalue weighted by atomic mass is 10.1. The topological polar surface area (TPSA) is 98.7 Å². The summed E-state index contributed by atoms with van der Waals surface area (Å²) in [7, 11) is 0. The Morgan fingerprint density at radius 3 is 2.50 bits per heavy atom. The minimum Gasteiger partial charge on any atom is -0.480 e. The van der Waals surface area contributed by atoms with E-state index >= 15 is 0 Å². The molecule has 6 nitrogen and oxygen atoms in total. The predicted octanol–water partition coefficient (Wildman–Crippen LogP) is 1.20. The molecule has 1 unspecified atom stereocenters. The second kappa shape index (κ2) is 7.53. The molecule has 4 N–H and O–H groups in total. The molecule has 2 aromatic rings. The molecule has 1 atom stereocenters. The summed E-state index contributed by atoms with van der Waals surface area (Å²) in [5.74, 6) is -1.52. The fourth-order valence-electron chi connectivity index (χ4n) is 2.15. The third-order valence-electron chi connectivity index (χ3n) is 3.22. The standard InChI is InChI=1S/C16H18N2O4/c19-8-7-17-14(16(21)22)10-15(20)18-13-6-5-11-3-1-2-4-12(11)9-13/h1-6,9,14,17,19H,7-8,10H2,(H,18,20)(H,21,22). The number of carbonyl (C=O) groups is 2. The van der Waals surface area contributed by atoms with Crippen molar-refractivity contribution in [3.63, 3.8) is 0 Å². The second-order valence-corrected chi connectivity index (χ2v) is 4.88. The van der Waals surface area contributed by atoms with Crippen LogP contribution in [-0.2, 0) is 9.59 Å². The molecule has 0 bridgehead atoms. The van der Waals surface area contributed by atoms with E-state index in [0.717, 1.165) is 10.8 Å². The Morgan fingerprint density at radius 1 is 1.09 bits per heavy atom. The van der Waals surface area contributed by atoms with Gasteiger partial charge in [-0.15, -0.1) is 0 Å². The van der Waals surface area contributed by atoms with Crippen LogP contribution in [0.2, 0.25) is 0 Å². The normalized spacial score (nSPS) is 12.0. The highest BCUT2D eigenvalue weighted by Crippen LogP contribution is 2.19. The average Bonchev–Trinajstić information content (AvgIpc) is 2.51. The molecular formula is C16H18N2O4. The summed E-state index contributed by atoms with van der Waals surface area (Å²) in [4.78, 5) is 23.0. The Labute approximate surface area is 127 Å². The van der Waals surface area contributed by atoms with Gasteiger partial charge in [0.15, 0.2) is 0 Å². The number of benzene rings is 2. The Bertz CT molecular complexity index is 672. The van der Waals surface area contributed by atoms with E-state index in [1.54, 1.807) is 6.07 Å². The molecule has 116 valence electrons. The molecule has 6 heteroatoms. The van der Waals surface area contributed by atoms with E-state index < -0.39 is 17.9 Å². The molecular weight excluding hydrogens is 284 g/mol. The minimum atomic E-state index is -1.12. The van der Waals surface area contributed by atoms with Crippen molar-refractivity contribution in [1.29, 1.82) is 0 Å². The number of anilines is 1. The molecule has 0 aliphatic heterocycles. The van der Waals surface area contributed by atoms with Gasteiger partial charge in [0.2, 0.25) is 5.91 Å². The summed E-state index contributed by atoms with van der Waals surface area (Å²) < 4.78 is 0. The zero-order valence-electron chi connectivity index (χ0n) is 12.0. The molecule has 0 saturated carbocycles. The molecule has 0 radical (unpaired) electrons. The van der Waals surface area contributed by atoms with Gasteiger partial charge in [-0.05, 0) is 22.9 Å². The van der Waals surface area contributed by atoms with Gasteiger partial charge in [0.25, 0.3) is 0 Å². The SMILES string of the molecule is O=C(CC(NCCO)C(=O)O)Nc1ccc2ccccc2c1. The highest BCUT2D eigenvalue weighted by atomic mass is 16.4. The van der Waals surface area contributed by atoms with Crippen molar-refractivity contribution in [2.24, 2.45) is 0 Å².